The Labute approximate surface area is 124 Å². The molecule has 0 saturated carbocycles. The van der Waals surface area contributed by atoms with E-state index in [1.54, 1.807) is 0 Å². The Bertz CT molecular complexity index is 702. The zero-order chi connectivity index (χ0) is 16.1. The molecule has 2 aromatic carbocycles. The average molecular weight is 302 g/mol. The number of rotatable bonds is 5. The quantitative estimate of drug-likeness (QED) is 0.643. The van der Waals surface area contributed by atoms with E-state index in [1.807, 2.05) is 0 Å². The van der Waals surface area contributed by atoms with Crippen LogP contribution in [-0.2, 0) is 4.89 Å². The highest BCUT2D eigenvalue weighted by atomic mass is 17.2. The van der Waals surface area contributed by atoms with Gasteiger partial charge in [0.15, 0.2) is 5.75 Å². The van der Waals surface area contributed by atoms with Gasteiger partial charge in [0, 0.05) is 0 Å². The fourth-order valence-corrected chi connectivity index (χ4v) is 1.54. The zero-order valence-electron chi connectivity index (χ0n) is 11.1. The minimum Gasteiger partial charge on any atom is -0.478 e. The summed E-state index contributed by atoms with van der Waals surface area (Å²) in [6.07, 6.45) is 0. The molecule has 112 valence electrons. The monoisotopic (exact) mass is 302 g/mol. The summed E-state index contributed by atoms with van der Waals surface area (Å²) in [7, 11) is 0. The molecule has 22 heavy (non-hydrogen) atoms. The third kappa shape index (κ3) is 3.60. The van der Waals surface area contributed by atoms with E-state index < -0.39 is 17.9 Å². The van der Waals surface area contributed by atoms with Gasteiger partial charge in [0.05, 0.1) is 16.7 Å². The second-order valence-corrected chi connectivity index (χ2v) is 4.17. The van der Waals surface area contributed by atoms with Crippen molar-refractivity contribution in [3.63, 3.8) is 0 Å². The van der Waals surface area contributed by atoms with E-state index in [4.69, 9.17) is 15.1 Å². The van der Waals surface area contributed by atoms with Gasteiger partial charge in [-0.05, 0) is 48.5 Å². The van der Waals surface area contributed by atoms with Gasteiger partial charge in [-0.1, -0.05) is 0 Å². The lowest BCUT2D eigenvalue weighted by molar-refractivity contribution is -0.149. The largest absolute Gasteiger partial charge is 0.478 e. The molecule has 2 rings (SSSR count). The molecule has 7 nitrogen and oxygen atoms in total. The van der Waals surface area contributed by atoms with Crippen LogP contribution in [0.3, 0.4) is 0 Å². The van der Waals surface area contributed by atoms with Gasteiger partial charge < -0.3 is 10.2 Å². The summed E-state index contributed by atoms with van der Waals surface area (Å²) in [5.41, 5.74) is 0.233. The molecule has 0 saturated heterocycles. The summed E-state index contributed by atoms with van der Waals surface area (Å²) in [6.45, 7) is 0. The first-order valence-corrected chi connectivity index (χ1v) is 6.03. The highest BCUT2D eigenvalue weighted by molar-refractivity contribution is 5.92. The number of hydrogen-bond acceptors (Lipinski definition) is 5. The van der Waals surface area contributed by atoms with Gasteiger partial charge >= 0.3 is 17.9 Å². The SMILES string of the molecule is O=C(O)c1ccc(OOC(=O)c2ccc(C(=O)O)cc2)cc1. The molecule has 2 N–H and O–H groups in total. The molecule has 0 fully saturated rings. The van der Waals surface area contributed by atoms with Crippen LogP contribution in [0.2, 0.25) is 0 Å². The number of carbonyl (C=O) groups is 3. The van der Waals surface area contributed by atoms with Gasteiger partial charge in [-0.3, -0.25) is 4.89 Å². The number of hydrogen-bond donors (Lipinski definition) is 2. The molecule has 0 aliphatic heterocycles. The lowest BCUT2D eigenvalue weighted by Crippen LogP contribution is -2.09. The number of carboxylic acids is 2. The minimum atomic E-state index is -1.10. The van der Waals surface area contributed by atoms with Crippen LogP contribution in [0.1, 0.15) is 31.1 Å². The van der Waals surface area contributed by atoms with Crippen LogP contribution in [-0.4, -0.2) is 28.1 Å². The fraction of sp³-hybridized carbons (Fsp3) is 0. The molecule has 0 spiro atoms. The van der Waals surface area contributed by atoms with Crippen molar-refractivity contribution in [1.29, 1.82) is 0 Å². The first-order chi connectivity index (χ1) is 10.5. The van der Waals surface area contributed by atoms with Gasteiger partial charge in [0.2, 0.25) is 0 Å². The second-order valence-electron chi connectivity index (χ2n) is 4.17. The maximum atomic E-state index is 11.7. The summed E-state index contributed by atoms with van der Waals surface area (Å²) in [5.74, 6) is -2.84. The van der Waals surface area contributed by atoms with E-state index in [9.17, 15) is 14.4 Å². The molecular formula is C15H10O7. The van der Waals surface area contributed by atoms with Crippen molar-refractivity contribution in [2.75, 3.05) is 0 Å². The van der Waals surface area contributed by atoms with Gasteiger partial charge in [-0.25, -0.2) is 19.3 Å². The van der Waals surface area contributed by atoms with E-state index in [-0.39, 0.29) is 22.4 Å². The lowest BCUT2D eigenvalue weighted by Gasteiger charge is -2.05. The van der Waals surface area contributed by atoms with Crippen LogP contribution in [0.4, 0.5) is 0 Å². The Morgan fingerprint density at radius 1 is 0.682 bits per heavy atom. The van der Waals surface area contributed by atoms with Crippen molar-refractivity contribution >= 4 is 17.9 Å². The van der Waals surface area contributed by atoms with Crippen molar-refractivity contribution < 1.29 is 34.4 Å². The summed E-state index contributed by atoms with van der Waals surface area (Å²) >= 11 is 0. The van der Waals surface area contributed by atoms with Crippen molar-refractivity contribution in [2.24, 2.45) is 0 Å². The van der Waals surface area contributed by atoms with Crippen molar-refractivity contribution in [2.45, 2.75) is 0 Å². The maximum Gasteiger partial charge on any atom is 0.386 e. The Balaban J connectivity index is 1.97. The van der Waals surface area contributed by atoms with E-state index in [1.165, 1.54) is 48.5 Å². The summed E-state index contributed by atoms with van der Waals surface area (Å²) in [5, 5.41) is 17.5. The lowest BCUT2D eigenvalue weighted by atomic mass is 10.1. The standard InChI is InChI=1S/C15H10O7/c16-13(17)9-1-3-11(4-2-9)15(20)22-21-12-7-5-10(6-8-12)14(18)19/h1-8H,(H,16,17)(H,18,19). The third-order valence-electron chi connectivity index (χ3n) is 2.68. The topological polar surface area (TPSA) is 110 Å². The Morgan fingerprint density at radius 2 is 1.09 bits per heavy atom. The third-order valence-corrected chi connectivity index (χ3v) is 2.68. The van der Waals surface area contributed by atoms with Crippen LogP contribution in [0.25, 0.3) is 0 Å². The molecule has 0 aromatic heterocycles. The fourth-order valence-electron chi connectivity index (χ4n) is 1.54. The van der Waals surface area contributed by atoms with Gasteiger partial charge in [-0.15, -0.1) is 0 Å². The Kier molecular flexibility index (Phi) is 4.38. The van der Waals surface area contributed by atoms with Crippen molar-refractivity contribution in [3.8, 4) is 5.75 Å². The average Bonchev–Trinajstić information content (AvgIpc) is 2.53. The van der Waals surface area contributed by atoms with Crippen molar-refractivity contribution in [3.05, 3.63) is 65.2 Å². The molecule has 0 bridgehead atoms. The first-order valence-electron chi connectivity index (χ1n) is 6.03. The molecule has 0 amide bonds. The van der Waals surface area contributed by atoms with Gasteiger partial charge in [0.1, 0.15) is 0 Å². The van der Waals surface area contributed by atoms with Crippen LogP contribution < -0.4 is 4.89 Å². The number of benzene rings is 2. The first kappa shape index (κ1) is 15.0. The van der Waals surface area contributed by atoms with Crippen LogP contribution in [0, 0.1) is 0 Å². The summed E-state index contributed by atoms with van der Waals surface area (Å²) in [4.78, 5) is 42.4. The molecule has 2 aromatic rings. The van der Waals surface area contributed by atoms with Gasteiger partial charge in [-0.2, -0.15) is 0 Å². The van der Waals surface area contributed by atoms with E-state index in [0.717, 1.165) is 0 Å². The number of carbonyl (C=O) groups excluding carboxylic acids is 1. The summed E-state index contributed by atoms with van der Waals surface area (Å²) in [6, 6.07) is 10.4. The molecule has 0 atom stereocenters. The Morgan fingerprint density at radius 3 is 1.55 bits per heavy atom. The molecule has 7 heteroatoms. The number of aromatic carboxylic acids is 2. The predicted molar refractivity (Wildman–Crippen MR) is 72.8 cm³/mol. The predicted octanol–water partition coefficient (Wildman–Crippen LogP) is 2.23. The highest BCUT2D eigenvalue weighted by Gasteiger charge is 2.11. The molecule has 0 unspecified atom stereocenters. The molecule has 0 aliphatic carbocycles. The second kappa shape index (κ2) is 6.40. The van der Waals surface area contributed by atoms with Crippen LogP contribution in [0.15, 0.2) is 48.5 Å². The van der Waals surface area contributed by atoms with E-state index >= 15 is 0 Å². The normalized spacial score (nSPS) is 9.82. The molecule has 0 radical (unpaired) electrons. The Hall–Kier alpha value is -3.35. The van der Waals surface area contributed by atoms with Crippen molar-refractivity contribution in [1.82, 2.24) is 0 Å². The van der Waals surface area contributed by atoms with E-state index in [0.29, 0.717) is 0 Å². The smallest absolute Gasteiger partial charge is 0.386 e. The van der Waals surface area contributed by atoms with Crippen LogP contribution >= 0.6 is 0 Å². The van der Waals surface area contributed by atoms with Crippen LogP contribution in [0.5, 0.6) is 5.75 Å². The maximum absolute atomic E-state index is 11.7. The highest BCUT2D eigenvalue weighted by Crippen LogP contribution is 2.14. The minimum absolute atomic E-state index is 0.0433. The van der Waals surface area contributed by atoms with E-state index in [2.05, 4.69) is 4.89 Å². The molecular weight excluding hydrogens is 292 g/mol. The summed E-state index contributed by atoms with van der Waals surface area (Å²) < 4.78 is 0. The zero-order valence-corrected chi connectivity index (χ0v) is 11.1. The number of carboxylic acid groups (broad SMARTS) is 2. The van der Waals surface area contributed by atoms with Gasteiger partial charge in [0.25, 0.3) is 0 Å². The molecule has 0 aliphatic rings. The molecule has 0 heterocycles.